The highest BCUT2D eigenvalue weighted by molar-refractivity contribution is 7.80. The van der Waals surface area contributed by atoms with E-state index in [4.69, 9.17) is 14.2 Å². The molecule has 1 aliphatic heterocycles. The molecular formula is C14H20O5S. The molecule has 1 aromatic rings. The van der Waals surface area contributed by atoms with Gasteiger partial charge in [0.05, 0.1) is 19.8 Å². The summed E-state index contributed by atoms with van der Waals surface area (Å²) in [6, 6.07) is 7.42. The standard InChI is InChI=1S/C14H20O5S/c1-8-11(15)12(16)13(14(20)19-8)18-7-9-3-5-10(17-2)6-4-9/h3-6,8,11-16,20H,7H2,1-2H3/t8-,11-,12-,13-,14+/m0/s1. The molecule has 0 amide bonds. The molecule has 2 N–H and O–H groups in total. The number of rotatable bonds is 4. The summed E-state index contributed by atoms with van der Waals surface area (Å²) >= 11 is 4.26. The van der Waals surface area contributed by atoms with Crippen LogP contribution in [0.5, 0.6) is 5.75 Å². The second-order valence-electron chi connectivity index (χ2n) is 4.84. The van der Waals surface area contributed by atoms with Crippen LogP contribution in [0.25, 0.3) is 0 Å². The van der Waals surface area contributed by atoms with Gasteiger partial charge in [-0.2, -0.15) is 0 Å². The normalized spacial score (nSPS) is 34.0. The number of ether oxygens (including phenoxy) is 3. The molecule has 0 aliphatic carbocycles. The molecular weight excluding hydrogens is 280 g/mol. The Labute approximate surface area is 123 Å². The van der Waals surface area contributed by atoms with Crippen molar-refractivity contribution in [2.45, 2.75) is 43.4 Å². The Kier molecular flexibility index (Phi) is 5.29. The van der Waals surface area contributed by atoms with Gasteiger partial charge >= 0.3 is 0 Å². The lowest BCUT2D eigenvalue weighted by Gasteiger charge is -2.39. The highest BCUT2D eigenvalue weighted by atomic mass is 32.1. The third kappa shape index (κ3) is 3.45. The van der Waals surface area contributed by atoms with Crippen LogP contribution in [0.1, 0.15) is 12.5 Å². The van der Waals surface area contributed by atoms with Gasteiger partial charge in [0.1, 0.15) is 29.5 Å². The van der Waals surface area contributed by atoms with Gasteiger partial charge in [0, 0.05) is 0 Å². The van der Waals surface area contributed by atoms with Crippen molar-refractivity contribution in [1.29, 1.82) is 0 Å². The number of thiol groups is 1. The fraction of sp³-hybridized carbons (Fsp3) is 0.571. The lowest BCUT2D eigenvalue weighted by atomic mass is 10.0. The lowest BCUT2D eigenvalue weighted by Crippen LogP contribution is -2.55. The first-order valence-electron chi connectivity index (χ1n) is 6.47. The molecule has 1 aliphatic rings. The summed E-state index contributed by atoms with van der Waals surface area (Å²) in [5.41, 5.74) is 0.369. The van der Waals surface area contributed by atoms with E-state index in [2.05, 4.69) is 12.6 Å². The average Bonchev–Trinajstić information content (AvgIpc) is 2.45. The Bertz CT molecular complexity index is 424. The maximum Gasteiger partial charge on any atom is 0.129 e. The van der Waals surface area contributed by atoms with E-state index < -0.39 is 29.9 Å². The quantitative estimate of drug-likeness (QED) is 0.723. The summed E-state index contributed by atoms with van der Waals surface area (Å²) in [7, 11) is 1.61. The average molecular weight is 300 g/mol. The Balaban J connectivity index is 1.94. The third-order valence-electron chi connectivity index (χ3n) is 3.40. The van der Waals surface area contributed by atoms with Gasteiger partial charge in [-0.05, 0) is 24.6 Å². The van der Waals surface area contributed by atoms with E-state index in [1.165, 1.54) is 0 Å². The maximum absolute atomic E-state index is 10.0. The number of hydrogen-bond acceptors (Lipinski definition) is 6. The number of benzene rings is 1. The maximum atomic E-state index is 10.0. The minimum Gasteiger partial charge on any atom is -0.497 e. The van der Waals surface area contributed by atoms with E-state index in [9.17, 15) is 10.2 Å². The third-order valence-corrected chi connectivity index (χ3v) is 3.82. The predicted octanol–water partition coefficient (Wildman–Crippen LogP) is 0.977. The zero-order valence-electron chi connectivity index (χ0n) is 11.5. The van der Waals surface area contributed by atoms with Gasteiger partial charge in [0.2, 0.25) is 0 Å². The molecule has 0 spiro atoms. The van der Waals surface area contributed by atoms with Crippen molar-refractivity contribution in [3.63, 3.8) is 0 Å². The number of hydrogen-bond donors (Lipinski definition) is 3. The second kappa shape index (κ2) is 6.78. The second-order valence-corrected chi connectivity index (χ2v) is 5.35. The molecule has 1 aromatic carbocycles. The van der Waals surface area contributed by atoms with Crippen molar-refractivity contribution in [2.24, 2.45) is 0 Å². The van der Waals surface area contributed by atoms with Gasteiger partial charge in [-0.25, -0.2) is 0 Å². The minimum atomic E-state index is -1.01. The molecule has 2 rings (SSSR count). The van der Waals surface area contributed by atoms with Crippen molar-refractivity contribution < 1.29 is 24.4 Å². The molecule has 1 fully saturated rings. The minimum absolute atomic E-state index is 0.299. The first-order valence-corrected chi connectivity index (χ1v) is 6.98. The van der Waals surface area contributed by atoms with Crippen LogP contribution in [0.3, 0.4) is 0 Å². The first kappa shape index (κ1) is 15.6. The van der Waals surface area contributed by atoms with Crippen LogP contribution in [0, 0.1) is 0 Å². The molecule has 20 heavy (non-hydrogen) atoms. The van der Waals surface area contributed by atoms with E-state index in [1.807, 2.05) is 24.3 Å². The van der Waals surface area contributed by atoms with Gasteiger partial charge in [0.25, 0.3) is 0 Å². The van der Waals surface area contributed by atoms with Crippen LogP contribution in [0.2, 0.25) is 0 Å². The molecule has 0 aromatic heterocycles. The van der Waals surface area contributed by atoms with Gasteiger partial charge in [-0.3, -0.25) is 0 Å². The molecule has 0 saturated carbocycles. The highest BCUT2D eigenvalue weighted by Gasteiger charge is 2.41. The van der Waals surface area contributed by atoms with Gasteiger partial charge in [0.15, 0.2) is 0 Å². The lowest BCUT2D eigenvalue weighted by molar-refractivity contribution is -0.209. The molecule has 6 heteroatoms. The number of aliphatic hydroxyl groups excluding tert-OH is 2. The zero-order chi connectivity index (χ0) is 14.7. The fourth-order valence-electron chi connectivity index (χ4n) is 2.11. The van der Waals surface area contributed by atoms with Crippen molar-refractivity contribution in [1.82, 2.24) is 0 Å². The Morgan fingerprint density at radius 3 is 2.45 bits per heavy atom. The molecule has 0 unspecified atom stereocenters. The molecule has 1 heterocycles. The zero-order valence-corrected chi connectivity index (χ0v) is 12.4. The molecule has 0 bridgehead atoms. The summed E-state index contributed by atoms with van der Waals surface area (Å²) in [6.07, 6.45) is -3.13. The summed E-state index contributed by atoms with van der Waals surface area (Å²) in [5.74, 6) is 0.770. The van der Waals surface area contributed by atoms with Crippen LogP contribution in [0.4, 0.5) is 0 Å². The van der Waals surface area contributed by atoms with E-state index >= 15 is 0 Å². The van der Waals surface area contributed by atoms with Crippen molar-refractivity contribution in [3.05, 3.63) is 29.8 Å². The summed E-state index contributed by atoms with van der Waals surface area (Å²) in [6.45, 7) is 1.99. The van der Waals surface area contributed by atoms with Gasteiger partial charge < -0.3 is 24.4 Å². The van der Waals surface area contributed by atoms with E-state index in [-0.39, 0.29) is 0 Å². The summed E-state index contributed by atoms with van der Waals surface area (Å²) in [5, 5.41) is 19.8. The number of methoxy groups -OCH3 is 1. The van der Waals surface area contributed by atoms with E-state index in [0.717, 1.165) is 11.3 Å². The Morgan fingerprint density at radius 2 is 1.85 bits per heavy atom. The fourth-order valence-corrected chi connectivity index (χ4v) is 2.57. The van der Waals surface area contributed by atoms with Crippen LogP contribution in [-0.4, -0.2) is 47.2 Å². The van der Waals surface area contributed by atoms with Crippen molar-refractivity contribution in [2.75, 3.05) is 7.11 Å². The Hall–Kier alpha value is -0.790. The predicted molar refractivity (Wildman–Crippen MR) is 76.9 cm³/mol. The van der Waals surface area contributed by atoms with Crippen LogP contribution < -0.4 is 4.74 Å². The van der Waals surface area contributed by atoms with Crippen molar-refractivity contribution >= 4 is 12.6 Å². The van der Waals surface area contributed by atoms with Crippen LogP contribution >= 0.6 is 12.6 Å². The smallest absolute Gasteiger partial charge is 0.129 e. The summed E-state index contributed by atoms with van der Waals surface area (Å²) < 4.78 is 16.1. The van der Waals surface area contributed by atoms with Crippen molar-refractivity contribution in [3.8, 4) is 5.75 Å². The van der Waals surface area contributed by atoms with Gasteiger partial charge in [-0.1, -0.05) is 12.1 Å². The largest absolute Gasteiger partial charge is 0.497 e. The van der Waals surface area contributed by atoms with E-state index in [0.29, 0.717) is 6.61 Å². The highest BCUT2D eigenvalue weighted by Crippen LogP contribution is 2.26. The topological polar surface area (TPSA) is 68.2 Å². The molecule has 5 nitrogen and oxygen atoms in total. The molecule has 5 atom stereocenters. The molecule has 1 saturated heterocycles. The Morgan fingerprint density at radius 1 is 1.20 bits per heavy atom. The van der Waals surface area contributed by atoms with E-state index in [1.54, 1.807) is 14.0 Å². The molecule has 0 radical (unpaired) electrons. The number of aliphatic hydroxyl groups is 2. The first-order chi connectivity index (χ1) is 9.52. The van der Waals surface area contributed by atoms with Crippen LogP contribution in [0.15, 0.2) is 24.3 Å². The van der Waals surface area contributed by atoms with Crippen LogP contribution in [-0.2, 0) is 16.1 Å². The monoisotopic (exact) mass is 300 g/mol. The molecule has 112 valence electrons. The summed E-state index contributed by atoms with van der Waals surface area (Å²) in [4.78, 5) is 0. The van der Waals surface area contributed by atoms with Gasteiger partial charge in [-0.15, -0.1) is 12.6 Å². The SMILES string of the molecule is COc1ccc(CO[C@H]2[C@@H](O)[C@@H](O)[C@H](C)O[C@@H]2S)cc1.